The normalized spacial score (nSPS) is 21.0. The molecule has 138 valence electrons. The minimum absolute atomic E-state index is 0.0391. The molecular formula is C22H29N3O. The highest BCUT2D eigenvalue weighted by Gasteiger charge is 2.27. The molecule has 1 saturated carbocycles. The molecule has 1 N–H and O–H groups in total. The molecule has 26 heavy (non-hydrogen) atoms. The van der Waals surface area contributed by atoms with Crippen LogP contribution in [0.2, 0.25) is 0 Å². The monoisotopic (exact) mass is 351 g/mol. The number of carbonyl (C=O) groups excluding carboxylic acids is 1. The first kappa shape index (κ1) is 17.5. The number of hydrogen-bond acceptors (Lipinski definition) is 3. The zero-order chi connectivity index (χ0) is 17.9. The molecule has 0 unspecified atom stereocenters. The SMILES string of the molecule is C[C@@H]1CCCCN1CCCNC(=O)c1cc(C2CC2)nc2ccccc12. The number of piperidine rings is 1. The summed E-state index contributed by atoms with van der Waals surface area (Å²) in [5.74, 6) is 0.587. The van der Waals surface area contributed by atoms with Crippen molar-refractivity contribution in [1.82, 2.24) is 15.2 Å². The van der Waals surface area contributed by atoms with Gasteiger partial charge < -0.3 is 10.2 Å². The van der Waals surface area contributed by atoms with Crippen LogP contribution in [0.5, 0.6) is 0 Å². The molecule has 0 spiro atoms. The molecule has 4 heteroatoms. The Morgan fingerprint density at radius 3 is 2.88 bits per heavy atom. The Balaban J connectivity index is 1.39. The Bertz CT molecular complexity index is 784. The predicted molar refractivity (Wildman–Crippen MR) is 106 cm³/mol. The average molecular weight is 351 g/mol. The van der Waals surface area contributed by atoms with Gasteiger partial charge in [0.1, 0.15) is 0 Å². The van der Waals surface area contributed by atoms with Gasteiger partial charge in [-0.05, 0) is 57.7 Å². The van der Waals surface area contributed by atoms with E-state index in [9.17, 15) is 4.79 Å². The Morgan fingerprint density at radius 1 is 1.23 bits per heavy atom. The first-order valence-electron chi connectivity index (χ1n) is 10.1. The third kappa shape index (κ3) is 3.90. The van der Waals surface area contributed by atoms with Crippen molar-refractivity contribution in [2.24, 2.45) is 0 Å². The number of likely N-dealkylation sites (tertiary alicyclic amines) is 1. The van der Waals surface area contributed by atoms with Gasteiger partial charge in [0.2, 0.25) is 0 Å². The molecule has 0 radical (unpaired) electrons. The minimum Gasteiger partial charge on any atom is -0.352 e. The molecule has 1 aliphatic heterocycles. The largest absolute Gasteiger partial charge is 0.352 e. The highest BCUT2D eigenvalue weighted by atomic mass is 16.1. The Morgan fingerprint density at radius 2 is 2.08 bits per heavy atom. The molecule has 1 aromatic carbocycles. The fraction of sp³-hybridized carbons (Fsp3) is 0.545. The summed E-state index contributed by atoms with van der Waals surface area (Å²) in [6, 6.07) is 10.7. The second kappa shape index (κ2) is 7.75. The first-order chi connectivity index (χ1) is 12.7. The van der Waals surface area contributed by atoms with Crippen molar-refractivity contribution >= 4 is 16.8 Å². The topological polar surface area (TPSA) is 45.2 Å². The molecule has 2 aliphatic rings. The molecule has 2 heterocycles. The highest BCUT2D eigenvalue weighted by molar-refractivity contribution is 6.06. The van der Waals surface area contributed by atoms with Crippen molar-refractivity contribution in [3.05, 3.63) is 41.6 Å². The Hall–Kier alpha value is -1.94. The standard InChI is InChI=1S/C22H29N3O/c1-16-7-4-5-13-25(16)14-6-12-23-22(26)19-15-21(17-10-11-17)24-20-9-3-2-8-18(19)20/h2-3,8-9,15-17H,4-7,10-14H2,1H3,(H,23,26)/t16-/m1/s1. The summed E-state index contributed by atoms with van der Waals surface area (Å²) in [6.45, 7) is 5.33. The summed E-state index contributed by atoms with van der Waals surface area (Å²) in [5.41, 5.74) is 2.80. The number of pyridine rings is 1. The van der Waals surface area contributed by atoms with Crippen LogP contribution in [0, 0.1) is 0 Å². The molecule has 2 fully saturated rings. The molecule has 1 aliphatic carbocycles. The van der Waals surface area contributed by atoms with Gasteiger partial charge in [-0.3, -0.25) is 9.78 Å². The zero-order valence-corrected chi connectivity index (χ0v) is 15.7. The molecule has 4 nitrogen and oxygen atoms in total. The van der Waals surface area contributed by atoms with Crippen molar-refractivity contribution in [3.63, 3.8) is 0 Å². The smallest absolute Gasteiger partial charge is 0.252 e. The van der Waals surface area contributed by atoms with Crippen LogP contribution in [0.15, 0.2) is 30.3 Å². The lowest BCUT2D eigenvalue weighted by molar-refractivity contribution is 0.0950. The maximum Gasteiger partial charge on any atom is 0.252 e. The van der Waals surface area contributed by atoms with Crippen LogP contribution in [0.3, 0.4) is 0 Å². The fourth-order valence-corrected chi connectivity index (χ4v) is 4.04. The van der Waals surface area contributed by atoms with Gasteiger partial charge in [0, 0.05) is 36.1 Å². The van der Waals surface area contributed by atoms with Crippen LogP contribution in [0.4, 0.5) is 0 Å². The van der Waals surface area contributed by atoms with Crippen LogP contribution in [-0.4, -0.2) is 41.5 Å². The van der Waals surface area contributed by atoms with Crippen molar-refractivity contribution in [2.75, 3.05) is 19.6 Å². The van der Waals surface area contributed by atoms with Crippen LogP contribution >= 0.6 is 0 Å². The lowest BCUT2D eigenvalue weighted by atomic mass is 10.0. The molecule has 0 bridgehead atoms. The fourth-order valence-electron chi connectivity index (χ4n) is 4.04. The van der Waals surface area contributed by atoms with E-state index in [0.717, 1.165) is 41.7 Å². The van der Waals surface area contributed by atoms with E-state index in [-0.39, 0.29) is 5.91 Å². The number of benzene rings is 1. The molecule has 1 amide bonds. The molecule has 1 saturated heterocycles. The van der Waals surface area contributed by atoms with Crippen LogP contribution in [0.1, 0.15) is 67.4 Å². The maximum absolute atomic E-state index is 12.8. The number of nitrogens with one attached hydrogen (secondary N) is 1. The van der Waals surface area contributed by atoms with Gasteiger partial charge in [-0.1, -0.05) is 24.6 Å². The number of rotatable bonds is 6. The molecule has 4 rings (SSSR count). The van der Waals surface area contributed by atoms with Crippen LogP contribution in [-0.2, 0) is 0 Å². The van der Waals surface area contributed by atoms with Crippen molar-refractivity contribution in [1.29, 1.82) is 0 Å². The summed E-state index contributed by atoms with van der Waals surface area (Å²) in [5, 5.41) is 4.10. The second-order valence-corrected chi connectivity index (χ2v) is 7.88. The number of nitrogens with zero attached hydrogens (tertiary/aromatic N) is 2. The van der Waals surface area contributed by atoms with E-state index in [4.69, 9.17) is 4.98 Å². The average Bonchev–Trinajstić information content (AvgIpc) is 3.51. The summed E-state index contributed by atoms with van der Waals surface area (Å²) >= 11 is 0. The van der Waals surface area contributed by atoms with Gasteiger partial charge in [0.15, 0.2) is 0 Å². The van der Waals surface area contributed by atoms with Gasteiger partial charge in [0.25, 0.3) is 5.91 Å². The zero-order valence-electron chi connectivity index (χ0n) is 15.7. The lowest BCUT2D eigenvalue weighted by Gasteiger charge is -2.33. The number of carbonyl (C=O) groups is 1. The number of para-hydroxylation sites is 1. The summed E-state index contributed by atoms with van der Waals surface area (Å²) in [7, 11) is 0. The van der Waals surface area contributed by atoms with E-state index < -0.39 is 0 Å². The number of amides is 1. The highest BCUT2D eigenvalue weighted by Crippen LogP contribution is 2.40. The molecule has 1 aromatic heterocycles. The second-order valence-electron chi connectivity index (χ2n) is 7.88. The summed E-state index contributed by atoms with van der Waals surface area (Å²) in [6.07, 6.45) is 7.37. The van der Waals surface area contributed by atoms with E-state index in [2.05, 4.69) is 17.1 Å². The van der Waals surface area contributed by atoms with Crippen molar-refractivity contribution in [2.45, 2.75) is 57.4 Å². The van der Waals surface area contributed by atoms with Gasteiger partial charge in [-0.2, -0.15) is 0 Å². The molecule has 1 atom stereocenters. The summed E-state index contributed by atoms with van der Waals surface area (Å²) < 4.78 is 0. The van der Waals surface area contributed by atoms with E-state index >= 15 is 0 Å². The predicted octanol–water partition coefficient (Wildman–Crippen LogP) is 4.11. The lowest BCUT2D eigenvalue weighted by Crippen LogP contribution is -2.39. The van der Waals surface area contributed by atoms with Gasteiger partial charge in [-0.15, -0.1) is 0 Å². The summed E-state index contributed by atoms with van der Waals surface area (Å²) in [4.78, 5) is 20.1. The maximum atomic E-state index is 12.8. The number of hydrogen-bond donors (Lipinski definition) is 1. The van der Waals surface area contributed by atoms with Crippen LogP contribution in [0.25, 0.3) is 10.9 Å². The van der Waals surface area contributed by atoms with E-state index in [1.807, 2.05) is 30.3 Å². The quantitative estimate of drug-likeness (QED) is 0.797. The van der Waals surface area contributed by atoms with Gasteiger partial charge in [0.05, 0.1) is 11.1 Å². The number of fused-ring (bicyclic) bond motifs is 1. The minimum atomic E-state index is 0.0391. The first-order valence-corrected chi connectivity index (χ1v) is 10.1. The Kier molecular flexibility index (Phi) is 5.21. The van der Waals surface area contributed by atoms with Crippen molar-refractivity contribution in [3.8, 4) is 0 Å². The molecule has 2 aromatic rings. The van der Waals surface area contributed by atoms with E-state index in [0.29, 0.717) is 12.0 Å². The van der Waals surface area contributed by atoms with Crippen LogP contribution < -0.4 is 5.32 Å². The van der Waals surface area contributed by atoms with E-state index in [1.165, 1.54) is 38.6 Å². The molecular weight excluding hydrogens is 322 g/mol. The van der Waals surface area contributed by atoms with Gasteiger partial charge in [-0.25, -0.2) is 0 Å². The Labute approximate surface area is 156 Å². The third-order valence-electron chi connectivity index (χ3n) is 5.82. The van der Waals surface area contributed by atoms with E-state index in [1.54, 1.807) is 0 Å². The number of aromatic nitrogens is 1. The van der Waals surface area contributed by atoms with Crippen molar-refractivity contribution < 1.29 is 4.79 Å². The third-order valence-corrected chi connectivity index (χ3v) is 5.82. The van der Waals surface area contributed by atoms with Gasteiger partial charge >= 0.3 is 0 Å².